The molecule has 1 atom stereocenters. The first-order valence-corrected chi connectivity index (χ1v) is 9.23. The van der Waals surface area contributed by atoms with Crippen LogP contribution in [-0.4, -0.2) is 66.7 Å². The quantitative estimate of drug-likeness (QED) is 0.809. The molecule has 1 aliphatic heterocycles. The number of rotatable bonds is 6. The number of amides is 1. The highest BCUT2D eigenvalue weighted by atomic mass is 16.5. The van der Waals surface area contributed by atoms with Crippen molar-refractivity contribution in [3.63, 3.8) is 0 Å². The predicted octanol–water partition coefficient (Wildman–Crippen LogP) is 2.84. The van der Waals surface area contributed by atoms with Gasteiger partial charge in [-0.1, -0.05) is 18.2 Å². The molecule has 0 saturated carbocycles. The zero-order valence-electron chi connectivity index (χ0n) is 15.6. The average molecular weight is 343 g/mol. The number of fused-ring (bicyclic) bond motifs is 1. The molecule has 5 nitrogen and oxygen atoms in total. The Labute approximate surface area is 150 Å². The van der Waals surface area contributed by atoms with E-state index < -0.39 is 0 Å². The molecule has 1 saturated heterocycles. The van der Waals surface area contributed by atoms with Crippen LogP contribution in [0.5, 0.6) is 0 Å². The van der Waals surface area contributed by atoms with Crippen LogP contribution in [0.4, 0.5) is 0 Å². The largest absolute Gasteiger partial charge is 0.377 e. The smallest absolute Gasteiger partial charge is 0.256 e. The standard InChI is InChI=1S/C20H29N3O2/c1-4-25-16-8-7-11-23(14-16)20(24)18-15-22(13-12-21(2)3)19-10-6-5-9-17(18)19/h5-6,9-10,15-16H,4,7-8,11-14H2,1-3H3/t16-/m1/s1. The maximum atomic E-state index is 13.2. The van der Waals surface area contributed by atoms with Gasteiger partial charge >= 0.3 is 0 Å². The Kier molecular flexibility index (Phi) is 5.76. The van der Waals surface area contributed by atoms with Gasteiger partial charge in [0.15, 0.2) is 0 Å². The first-order chi connectivity index (χ1) is 12.1. The molecule has 2 heterocycles. The molecule has 2 aromatic rings. The second kappa shape index (κ2) is 8.02. The van der Waals surface area contributed by atoms with Gasteiger partial charge in [0.05, 0.1) is 11.7 Å². The minimum absolute atomic E-state index is 0.129. The van der Waals surface area contributed by atoms with Crippen molar-refractivity contribution < 1.29 is 9.53 Å². The number of carbonyl (C=O) groups excluding carboxylic acids is 1. The minimum atomic E-state index is 0.129. The number of para-hydroxylation sites is 1. The Morgan fingerprint density at radius 3 is 2.88 bits per heavy atom. The van der Waals surface area contributed by atoms with Crippen LogP contribution >= 0.6 is 0 Å². The van der Waals surface area contributed by atoms with Gasteiger partial charge in [-0.25, -0.2) is 0 Å². The van der Waals surface area contributed by atoms with E-state index in [1.807, 2.05) is 30.2 Å². The molecule has 1 aliphatic rings. The summed E-state index contributed by atoms with van der Waals surface area (Å²) in [5.74, 6) is 0.129. The van der Waals surface area contributed by atoms with Gasteiger partial charge in [0.1, 0.15) is 0 Å². The molecular formula is C20H29N3O2. The van der Waals surface area contributed by atoms with Crippen LogP contribution in [0.2, 0.25) is 0 Å². The van der Waals surface area contributed by atoms with Gasteiger partial charge in [0.25, 0.3) is 5.91 Å². The number of nitrogens with zero attached hydrogens (tertiary/aromatic N) is 3. The number of likely N-dealkylation sites (tertiary alicyclic amines) is 1. The third-order valence-corrected chi connectivity index (χ3v) is 4.87. The van der Waals surface area contributed by atoms with Gasteiger partial charge in [-0.2, -0.15) is 0 Å². The molecule has 1 aromatic heterocycles. The molecular weight excluding hydrogens is 314 g/mol. The molecule has 1 amide bonds. The average Bonchev–Trinajstić information content (AvgIpc) is 2.99. The van der Waals surface area contributed by atoms with E-state index in [2.05, 4.69) is 35.7 Å². The van der Waals surface area contributed by atoms with Crippen molar-refractivity contribution in [2.75, 3.05) is 40.3 Å². The monoisotopic (exact) mass is 343 g/mol. The van der Waals surface area contributed by atoms with Crippen molar-refractivity contribution in [1.82, 2.24) is 14.4 Å². The lowest BCUT2D eigenvalue weighted by atomic mass is 10.1. The first kappa shape index (κ1) is 18.0. The summed E-state index contributed by atoms with van der Waals surface area (Å²) < 4.78 is 7.95. The number of benzene rings is 1. The maximum Gasteiger partial charge on any atom is 0.256 e. The summed E-state index contributed by atoms with van der Waals surface area (Å²) in [6.07, 6.45) is 4.25. The summed E-state index contributed by atoms with van der Waals surface area (Å²) in [6.45, 7) is 6.06. The lowest BCUT2D eigenvalue weighted by Crippen LogP contribution is -2.43. The van der Waals surface area contributed by atoms with Crippen LogP contribution in [-0.2, 0) is 11.3 Å². The fourth-order valence-electron chi connectivity index (χ4n) is 3.57. The minimum Gasteiger partial charge on any atom is -0.377 e. The molecule has 1 fully saturated rings. The third-order valence-electron chi connectivity index (χ3n) is 4.87. The van der Waals surface area contributed by atoms with Crippen LogP contribution in [0.15, 0.2) is 30.5 Å². The van der Waals surface area contributed by atoms with E-state index in [-0.39, 0.29) is 12.0 Å². The van der Waals surface area contributed by atoms with Gasteiger partial charge in [-0.3, -0.25) is 4.79 Å². The summed E-state index contributed by atoms with van der Waals surface area (Å²) in [4.78, 5) is 17.3. The Morgan fingerprint density at radius 2 is 2.12 bits per heavy atom. The highest BCUT2D eigenvalue weighted by molar-refractivity contribution is 6.07. The van der Waals surface area contributed by atoms with E-state index in [1.165, 1.54) is 0 Å². The molecule has 0 spiro atoms. The Bertz CT molecular complexity index is 721. The number of hydrogen-bond donors (Lipinski definition) is 0. The summed E-state index contributed by atoms with van der Waals surface area (Å²) in [6, 6.07) is 8.20. The second-order valence-corrected chi connectivity index (χ2v) is 7.03. The first-order valence-electron chi connectivity index (χ1n) is 9.23. The van der Waals surface area contributed by atoms with Crippen molar-refractivity contribution >= 4 is 16.8 Å². The van der Waals surface area contributed by atoms with Gasteiger partial charge < -0.3 is 19.1 Å². The predicted molar refractivity (Wildman–Crippen MR) is 101 cm³/mol. The molecule has 136 valence electrons. The molecule has 0 N–H and O–H groups in total. The van der Waals surface area contributed by atoms with E-state index in [1.54, 1.807) is 0 Å². The Hall–Kier alpha value is -1.85. The molecule has 1 aromatic carbocycles. The van der Waals surface area contributed by atoms with E-state index in [9.17, 15) is 4.79 Å². The molecule has 5 heteroatoms. The van der Waals surface area contributed by atoms with E-state index in [0.717, 1.165) is 48.9 Å². The summed E-state index contributed by atoms with van der Waals surface area (Å²) in [5.41, 5.74) is 1.94. The molecule has 3 rings (SSSR count). The van der Waals surface area contributed by atoms with Crippen molar-refractivity contribution in [1.29, 1.82) is 0 Å². The molecule has 25 heavy (non-hydrogen) atoms. The second-order valence-electron chi connectivity index (χ2n) is 7.03. The van der Waals surface area contributed by atoms with Crippen LogP contribution in [0.25, 0.3) is 10.9 Å². The van der Waals surface area contributed by atoms with Gasteiger partial charge in [-0.05, 0) is 39.9 Å². The van der Waals surface area contributed by atoms with E-state index >= 15 is 0 Å². The summed E-state index contributed by atoms with van der Waals surface area (Å²) in [5, 5.41) is 1.05. The fraction of sp³-hybridized carbons (Fsp3) is 0.550. The molecule has 0 radical (unpaired) electrons. The number of carbonyl (C=O) groups is 1. The molecule has 0 unspecified atom stereocenters. The normalized spacial score (nSPS) is 18.2. The number of ether oxygens (including phenoxy) is 1. The van der Waals surface area contributed by atoms with Crippen LogP contribution in [0, 0.1) is 0 Å². The van der Waals surface area contributed by atoms with E-state index in [4.69, 9.17) is 4.74 Å². The van der Waals surface area contributed by atoms with E-state index in [0.29, 0.717) is 13.2 Å². The van der Waals surface area contributed by atoms with Gasteiger partial charge in [0.2, 0.25) is 0 Å². The summed E-state index contributed by atoms with van der Waals surface area (Å²) in [7, 11) is 4.14. The Morgan fingerprint density at radius 1 is 1.32 bits per heavy atom. The van der Waals surface area contributed by atoms with Crippen LogP contribution < -0.4 is 0 Å². The zero-order chi connectivity index (χ0) is 17.8. The van der Waals surface area contributed by atoms with Gasteiger partial charge in [0, 0.05) is 49.9 Å². The highest BCUT2D eigenvalue weighted by Crippen LogP contribution is 2.24. The van der Waals surface area contributed by atoms with Crippen LogP contribution in [0.3, 0.4) is 0 Å². The number of hydrogen-bond acceptors (Lipinski definition) is 3. The lowest BCUT2D eigenvalue weighted by molar-refractivity contribution is 0.00730. The third kappa shape index (κ3) is 4.05. The van der Waals surface area contributed by atoms with Gasteiger partial charge in [-0.15, -0.1) is 0 Å². The number of aromatic nitrogens is 1. The lowest BCUT2D eigenvalue weighted by Gasteiger charge is -2.32. The maximum absolute atomic E-state index is 13.2. The van der Waals surface area contributed by atoms with Crippen molar-refractivity contribution in [2.45, 2.75) is 32.4 Å². The molecule has 0 bridgehead atoms. The SMILES string of the molecule is CCO[C@@H]1CCCN(C(=O)c2cn(CCN(C)C)c3ccccc23)C1. The molecule has 0 aliphatic carbocycles. The van der Waals surface area contributed by atoms with Crippen molar-refractivity contribution in [3.8, 4) is 0 Å². The highest BCUT2D eigenvalue weighted by Gasteiger charge is 2.26. The number of piperidine rings is 1. The fourth-order valence-corrected chi connectivity index (χ4v) is 3.57. The zero-order valence-corrected chi connectivity index (χ0v) is 15.6. The van der Waals surface area contributed by atoms with Crippen molar-refractivity contribution in [2.24, 2.45) is 0 Å². The Balaban J connectivity index is 1.85. The topological polar surface area (TPSA) is 37.7 Å². The number of likely N-dealkylation sites (N-methyl/N-ethyl adjacent to an activating group) is 1. The summed E-state index contributed by atoms with van der Waals surface area (Å²) >= 11 is 0. The van der Waals surface area contributed by atoms with Crippen LogP contribution in [0.1, 0.15) is 30.1 Å². The van der Waals surface area contributed by atoms with Crippen molar-refractivity contribution in [3.05, 3.63) is 36.0 Å².